The van der Waals surface area contributed by atoms with Crippen molar-refractivity contribution in [3.8, 4) is 11.3 Å². The fourth-order valence-corrected chi connectivity index (χ4v) is 2.97. The van der Waals surface area contributed by atoms with E-state index in [9.17, 15) is 9.18 Å². The van der Waals surface area contributed by atoms with Crippen LogP contribution in [0.5, 0.6) is 0 Å². The SMILES string of the molecule is C1CCOCC1.CO.Nc1nccc(-c2ccn(Cc3ccc(Cl)c(F)c3)c(=O)c2)n1. The molecule has 31 heavy (non-hydrogen) atoms. The van der Waals surface area contributed by atoms with E-state index in [0.717, 1.165) is 20.3 Å². The number of rotatable bonds is 3. The molecular formula is C22H26ClFN4O3. The largest absolute Gasteiger partial charge is 0.400 e. The highest BCUT2D eigenvalue weighted by molar-refractivity contribution is 6.30. The molecule has 2 aromatic heterocycles. The summed E-state index contributed by atoms with van der Waals surface area (Å²) in [6.07, 6.45) is 7.09. The Kier molecular flexibility index (Phi) is 10.1. The summed E-state index contributed by atoms with van der Waals surface area (Å²) in [5.41, 5.74) is 7.17. The summed E-state index contributed by atoms with van der Waals surface area (Å²) in [6, 6.07) is 9.33. The Labute approximate surface area is 185 Å². The third-order valence-electron chi connectivity index (χ3n) is 4.38. The second-order valence-electron chi connectivity index (χ2n) is 6.60. The monoisotopic (exact) mass is 448 g/mol. The van der Waals surface area contributed by atoms with Crippen LogP contribution >= 0.6 is 11.6 Å². The molecule has 7 nitrogen and oxygen atoms in total. The molecule has 3 N–H and O–H groups in total. The molecule has 0 saturated carbocycles. The summed E-state index contributed by atoms with van der Waals surface area (Å²) in [5.74, 6) is -0.367. The Morgan fingerprint density at radius 1 is 1.16 bits per heavy atom. The minimum Gasteiger partial charge on any atom is -0.400 e. The molecule has 1 aliphatic heterocycles. The van der Waals surface area contributed by atoms with Crippen LogP contribution < -0.4 is 11.3 Å². The van der Waals surface area contributed by atoms with Crippen molar-refractivity contribution in [1.82, 2.24) is 14.5 Å². The lowest BCUT2D eigenvalue weighted by Gasteiger charge is -2.08. The molecule has 9 heteroatoms. The van der Waals surface area contributed by atoms with Crippen molar-refractivity contribution in [3.05, 3.63) is 75.5 Å². The molecule has 0 unspecified atom stereocenters. The fraction of sp³-hybridized carbons (Fsp3) is 0.318. The van der Waals surface area contributed by atoms with Gasteiger partial charge in [-0.05, 0) is 49.1 Å². The Morgan fingerprint density at radius 3 is 2.45 bits per heavy atom. The number of halogens is 2. The van der Waals surface area contributed by atoms with Gasteiger partial charge >= 0.3 is 0 Å². The molecule has 0 atom stereocenters. The van der Waals surface area contributed by atoms with E-state index in [1.165, 1.54) is 48.2 Å². The van der Waals surface area contributed by atoms with Gasteiger partial charge in [-0.3, -0.25) is 4.79 Å². The second kappa shape index (κ2) is 12.8. The molecule has 1 aromatic carbocycles. The Balaban J connectivity index is 0.000000363. The number of aromatic nitrogens is 3. The summed E-state index contributed by atoms with van der Waals surface area (Å²) in [7, 11) is 1.00. The van der Waals surface area contributed by atoms with Crippen LogP contribution in [0.4, 0.5) is 10.3 Å². The van der Waals surface area contributed by atoms with Crippen LogP contribution in [-0.4, -0.2) is 40.0 Å². The number of anilines is 1. The number of aliphatic hydroxyl groups is 1. The highest BCUT2D eigenvalue weighted by Crippen LogP contribution is 2.17. The van der Waals surface area contributed by atoms with E-state index in [-0.39, 0.29) is 23.1 Å². The quantitative estimate of drug-likeness (QED) is 0.635. The number of aliphatic hydroxyl groups excluding tert-OH is 1. The molecule has 166 valence electrons. The first-order valence-corrected chi connectivity index (χ1v) is 10.2. The summed E-state index contributed by atoms with van der Waals surface area (Å²) in [6.45, 7) is 2.25. The van der Waals surface area contributed by atoms with Gasteiger partial charge in [-0.25, -0.2) is 14.4 Å². The van der Waals surface area contributed by atoms with Crippen molar-refractivity contribution in [2.75, 3.05) is 26.1 Å². The van der Waals surface area contributed by atoms with Gasteiger partial charge in [-0.1, -0.05) is 17.7 Å². The standard InChI is InChI=1S/C16H12ClFN4O.C5H10O.CH4O/c17-12-2-1-10(7-13(12)18)9-22-6-4-11(8-15(22)23)14-3-5-20-16(19)21-14;1-2-4-6-5-3-1;1-2/h1-8H,9H2,(H2,19,20,21);1-5H2;2H,1H3. The maximum absolute atomic E-state index is 13.5. The lowest BCUT2D eigenvalue weighted by Crippen LogP contribution is -2.19. The molecule has 1 fully saturated rings. The molecular weight excluding hydrogens is 423 g/mol. The minimum absolute atomic E-state index is 0.0535. The first-order chi connectivity index (χ1) is 15.0. The van der Waals surface area contributed by atoms with Gasteiger partial charge < -0.3 is 20.1 Å². The predicted octanol–water partition coefficient (Wildman–Crippen LogP) is 3.52. The summed E-state index contributed by atoms with van der Waals surface area (Å²) in [5, 5.41) is 7.05. The lowest BCUT2D eigenvalue weighted by molar-refractivity contribution is 0.0968. The third-order valence-corrected chi connectivity index (χ3v) is 4.69. The molecule has 1 aliphatic rings. The van der Waals surface area contributed by atoms with Crippen LogP contribution in [0.15, 0.2) is 53.6 Å². The molecule has 0 aliphatic carbocycles. The Bertz CT molecular complexity index is 1010. The van der Waals surface area contributed by atoms with Crippen LogP contribution in [0.1, 0.15) is 24.8 Å². The molecule has 3 heterocycles. The third kappa shape index (κ3) is 7.75. The summed E-state index contributed by atoms with van der Waals surface area (Å²) in [4.78, 5) is 20.1. The number of pyridine rings is 1. The maximum Gasteiger partial charge on any atom is 0.251 e. The maximum atomic E-state index is 13.5. The first kappa shape index (κ1) is 24.5. The Hall–Kier alpha value is -2.81. The van der Waals surface area contributed by atoms with Crippen molar-refractivity contribution in [1.29, 1.82) is 0 Å². The molecule has 3 aromatic rings. The zero-order chi connectivity index (χ0) is 22.6. The molecule has 0 amide bonds. The van der Waals surface area contributed by atoms with Crippen molar-refractivity contribution < 1.29 is 14.2 Å². The van der Waals surface area contributed by atoms with Crippen LogP contribution in [0, 0.1) is 5.82 Å². The molecule has 0 spiro atoms. The highest BCUT2D eigenvalue weighted by atomic mass is 35.5. The van der Waals surface area contributed by atoms with Gasteiger partial charge in [0, 0.05) is 44.3 Å². The number of nitrogens with zero attached hydrogens (tertiary/aromatic N) is 3. The van der Waals surface area contributed by atoms with Crippen LogP contribution in [0.3, 0.4) is 0 Å². The first-order valence-electron chi connectivity index (χ1n) is 9.79. The predicted molar refractivity (Wildman–Crippen MR) is 119 cm³/mol. The van der Waals surface area contributed by atoms with Crippen molar-refractivity contribution in [2.45, 2.75) is 25.8 Å². The molecule has 4 rings (SSSR count). The molecule has 0 bridgehead atoms. The number of hydrogen-bond acceptors (Lipinski definition) is 6. The van der Waals surface area contributed by atoms with Gasteiger partial charge in [0.1, 0.15) is 5.82 Å². The smallest absolute Gasteiger partial charge is 0.251 e. The van der Waals surface area contributed by atoms with Gasteiger partial charge in [0.15, 0.2) is 0 Å². The van der Waals surface area contributed by atoms with Gasteiger partial charge in [0.05, 0.1) is 17.3 Å². The highest BCUT2D eigenvalue weighted by Gasteiger charge is 2.06. The van der Waals surface area contributed by atoms with E-state index in [1.807, 2.05) is 0 Å². The summed E-state index contributed by atoms with van der Waals surface area (Å²) < 4.78 is 20.0. The average molecular weight is 449 g/mol. The van der Waals surface area contributed by atoms with Crippen molar-refractivity contribution >= 4 is 17.5 Å². The van der Waals surface area contributed by atoms with Gasteiger partial charge in [-0.2, -0.15) is 0 Å². The van der Waals surface area contributed by atoms with Crippen LogP contribution in [0.25, 0.3) is 11.3 Å². The van der Waals surface area contributed by atoms with Gasteiger partial charge in [0.25, 0.3) is 5.56 Å². The van der Waals surface area contributed by atoms with Gasteiger partial charge in [-0.15, -0.1) is 0 Å². The number of hydrogen-bond donors (Lipinski definition) is 2. The minimum atomic E-state index is -0.509. The van der Waals surface area contributed by atoms with Gasteiger partial charge in [0.2, 0.25) is 5.95 Å². The van der Waals surface area contributed by atoms with E-state index in [4.69, 9.17) is 27.2 Å². The van der Waals surface area contributed by atoms with Crippen LogP contribution in [-0.2, 0) is 11.3 Å². The van der Waals surface area contributed by atoms with Crippen molar-refractivity contribution in [3.63, 3.8) is 0 Å². The van der Waals surface area contributed by atoms with E-state index in [0.29, 0.717) is 16.8 Å². The number of nitrogens with two attached hydrogens (primary N) is 1. The van der Waals surface area contributed by atoms with E-state index >= 15 is 0 Å². The number of ether oxygens (including phenoxy) is 1. The second-order valence-corrected chi connectivity index (χ2v) is 7.01. The average Bonchev–Trinajstić information content (AvgIpc) is 2.80. The van der Waals surface area contributed by atoms with Crippen molar-refractivity contribution in [2.24, 2.45) is 0 Å². The number of nitrogen functional groups attached to an aromatic ring is 1. The molecule has 1 saturated heterocycles. The lowest BCUT2D eigenvalue weighted by atomic mass is 10.2. The van der Waals surface area contributed by atoms with E-state index in [2.05, 4.69) is 9.97 Å². The summed E-state index contributed by atoms with van der Waals surface area (Å²) >= 11 is 5.65. The number of benzene rings is 1. The molecule has 0 radical (unpaired) electrons. The normalized spacial score (nSPS) is 12.8. The topological polar surface area (TPSA) is 103 Å². The Morgan fingerprint density at radius 2 is 1.90 bits per heavy atom. The fourth-order valence-electron chi connectivity index (χ4n) is 2.85. The van der Waals surface area contributed by atoms with Crippen LogP contribution in [0.2, 0.25) is 5.02 Å². The zero-order valence-electron chi connectivity index (χ0n) is 17.3. The zero-order valence-corrected chi connectivity index (χ0v) is 18.1. The van der Waals surface area contributed by atoms with E-state index in [1.54, 1.807) is 24.4 Å². The van der Waals surface area contributed by atoms with E-state index < -0.39 is 5.82 Å².